The van der Waals surface area contributed by atoms with E-state index in [9.17, 15) is 4.39 Å². The van der Waals surface area contributed by atoms with Gasteiger partial charge in [0.05, 0.1) is 0 Å². The Balaban J connectivity index is 2.59. The Morgan fingerprint density at radius 3 is 3.10 bits per heavy atom. The first kappa shape index (κ1) is 6.23. The minimum Gasteiger partial charge on any atom is -0.206 e. The fourth-order valence-electron chi connectivity index (χ4n) is 1.18. The molecule has 0 bridgehead atoms. The fourth-order valence-corrected chi connectivity index (χ4v) is 2.26. The van der Waals surface area contributed by atoms with E-state index < -0.39 is 0 Å². The minimum absolute atomic E-state index is 0.0556. The van der Waals surface area contributed by atoms with E-state index in [1.165, 1.54) is 11.6 Å². The van der Waals surface area contributed by atoms with Crippen molar-refractivity contribution in [2.45, 2.75) is 11.3 Å². The highest BCUT2D eigenvalue weighted by Gasteiger charge is 2.13. The van der Waals surface area contributed by atoms with Gasteiger partial charge in [-0.05, 0) is 18.1 Å². The third kappa shape index (κ3) is 0.833. The fraction of sp³-hybridized carbons (Fsp3) is 0.250. The Kier molecular flexibility index (Phi) is 1.42. The van der Waals surface area contributed by atoms with E-state index in [-0.39, 0.29) is 5.82 Å². The molecule has 0 radical (unpaired) electrons. The summed E-state index contributed by atoms with van der Waals surface area (Å²) < 4.78 is 12.9. The standard InChI is InChI=1S/C8H7FS/c9-7-3-1-2-6-4-5-10-8(6)7/h1-3H,4-5H2. The molecule has 2 heteroatoms. The molecule has 0 aromatic heterocycles. The number of hydrogen-bond acceptors (Lipinski definition) is 1. The summed E-state index contributed by atoms with van der Waals surface area (Å²) in [5.74, 6) is 0.982. The molecular formula is C8H7FS. The summed E-state index contributed by atoms with van der Waals surface area (Å²) >= 11 is 1.62. The summed E-state index contributed by atoms with van der Waals surface area (Å²) in [5.41, 5.74) is 1.17. The topological polar surface area (TPSA) is 0 Å². The van der Waals surface area contributed by atoms with Crippen molar-refractivity contribution in [2.75, 3.05) is 5.75 Å². The van der Waals surface area contributed by atoms with E-state index >= 15 is 0 Å². The van der Waals surface area contributed by atoms with Gasteiger partial charge < -0.3 is 0 Å². The smallest absolute Gasteiger partial charge is 0.137 e. The van der Waals surface area contributed by atoms with Crippen molar-refractivity contribution in [3.05, 3.63) is 29.6 Å². The van der Waals surface area contributed by atoms with Gasteiger partial charge in [-0.2, -0.15) is 0 Å². The average molecular weight is 154 g/mol. The van der Waals surface area contributed by atoms with Gasteiger partial charge in [0.15, 0.2) is 0 Å². The van der Waals surface area contributed by atoms with Gasteiger partial charge >= 0.3 is 0 Å². The van der Waals surface area contributed by atoms with Crippen LogP contribution >= 0.6 is 11.8 Å². The molecule has 0 nitrogen and oxygen atoms in total. The second kappa shape index (κ2) is 2.27. The molecule has 1 heterocycles. The summed E-state index contributed by atoms with van der Waals surface area (Å²) in [7, 11) is 0. The molecule has 0 amide bonds. The number of thioether (sulfide) groups is 1. The number of rotatable bonds is 0. The van der Waals surface area contributed by atoms with Crippen molar-refractivity contribution in [3.8, 4) is 0 Å². The molecule has 0 unspecified atom stereocenters. The van der Waals surface area contributed by atoms with Crippen molar-refractivity contribution < 1.29 is 4.39 Å². The van der Waals surface area contributed by atoms with Gasteiger partial charge in [-0.15, -0.1) is 11.8 Å². The molecule has 0 N–H and O–H groups in total. The molecule has 0 atom stereocenters. The molecule has 52 valence electrons. The lowest BCUT2D eigenvalue weighted by Crippen LogP contribution is -1.81. The molecular weight excluding hydrogens is 147 g/mol. The quantitative estimate of drug-likeness (QED) is 0.553. The lowest BCUT2D eigenvalue weighted by Gasteiger charge is -1.96. The number of halogens is 1. The maximum atomic E-state index is 12.9. The maximum absolute atomic E-state index is 12.9. The Morgan fingerprint density at radius 2 is 2.30 bits per heavy atom. The van der Waals surface area contributed by atoms with E-state index in [0.29, 0.717) is 0 Å². The Labute approximate surface area is 63.4 Å². The van der Waals surface area contributed by atoms with Gasteiger partial charge in [-0.25, -0.2) is 4.39 Å². The molecule has 0 spiro atoms. The van der Waals surface area contributed by atoms with Gasteiger partial charge in [-0.1, -0.05) is 12.1 Å². The van der Waals surface area contributed by atoms with Crippen molar-refractivity contribution >= 4 is 11.8 Å². The van der Waals surface area contributed by atoms with E-state index in [1.807, 2.05) is 6.07 Å². The van der Waals surface area contributed by atoms with Crippen LogP contribution in [0.5, 0.6) is 0 Å². The van der Waals surface area contributed by atoms with Crippen LogP contribution in [0.1, 0.15) is 5.56 Å². The molecule has 0 saturated heterocycles. The number of hydrogen-bond donors (Lipinski definition) is 0. The SMILES string of the molecule is Fc1cccc2c1SCC2. The maximum Gasteiger partial charge on any atom is 0.137 e. The molecule has 1 aliphatic heterocycles. The van der Waals surface area contributed by atoms with Crippen LogP contribution in [-0.4, -0.2) is 5.75 Å². The zero-order valence-corrected chi connectivity index (χ0v) is 6.25. The number of fused-ring (bicyclic) bond motifs is 1. The zero-order chi connectivity index (χ0) is 6.97. The van der Waals surface area contributed by atoms with Crippen LogP contribution in [0.2, 0.25) is 0 Å². The normalized spacial score (nSPS) is 15.3. The lowest BCUT2D eigenvalue weighted by molar-refractivity contribution is 0.600. The van der Waals surface area contributed by atoms with Crippen LogP contribution in [0.4, 0.5) is 4.39 Å². The van der Waals surface area contributed by atoms with Gasteiger partial charge in [-0.3, -0.25) is 0 Å². The van der Waals surface area contributed by atoms with E-state index in [2.05, 4.69) is 0 Å². The van der Waals surface area contributed by atoms with Crippen molar-refractivity contribution in [1.29, 1.82) is 0 Å². The summed E-state index contributed by atoms with van der Waals surface area (Å²) in [6, 6.07) is 5.30. The van der Waals surface area contributed by atoms with Gasteiger partial charge in [0.25, 0.3) is 0 Å². The third-order valence-corrected chi connectivity index (χ3v) is 2.82. The van der Waals surface area contributed by atoms with Gasteiger partial charge in [0, 0.05) is 10.6 Å². The molecule has 0 fully saturated rings. The van der Waals surface area contributed by atoms with Gasteiger partial charge in [0.1, 0.15) is 5.82 Å². The van der Waals surface area contributed by atoms with Crippen LogP contribution in [-0.2, 0) is 6.42 Å². The summed E-state index contributed by atoms with van der Waals surface area (Å²) in [6.45, 7) is 0. The van der Waals surface area contributed by atoms with E-state index in [1.54, 1.807) is 17.8 Å². The third-order valence-electron chi connectivity index (χ3n) is 1.67. The van der Waals surface area contributed by atoms with Gasteiger partial charge in [0.2, 0.25) is 0 Å². The first-order valence-corrected chi connectivity index (χ1v) is 4.26. The van der Waals surface area contributed by atoms with E-state index in [4.69, 9.17) is 0 Å². The van der Waals surface area contributed by atoms with Crippen LogP contribution in [0, 0.1) is 5.82 Å². The Bertz CT molecular complexity index is 257. The molecule has 1 aliphatic rings. The Morgan fingerprint density at radius 1 is 1.40 bits per heavy atom. The molecule has 1 aromatic carbocycles. The van der Waals surface area contributed by atoms with Crippen molar-refractivity contribution in [2.24, 2.45) is 0 Å². The molecule has 0 saturated carbocycles. The summed E-state index contributed by atoms with van der Waals surface area (Å²) in [4.78, 5) is 0.863. The van der Waals surface area contributed by atoms with E-state index in [0.717, 1.165) is 17.1 Å². The second-order valence-corrected chi connectivity index (χ2v) is 3.43. The average Bonchev–Trinajstić information content (AvgIpc) is 2.36. The minimum atomic E-state index is -0.0556. The van der Waals surface area contributed by atoms with Crippen LogP contribution in [0.3, 0.4) is 0 Å². The molecule has 10 heavy (non-hydrogen) atoms. The first-order valence-electron chi connectivity index (χ1n) is 3.28. The molecule has 1 aromatic rings. The largest absolute Gasteiger partial charge is 0.206 e. The predicted octanol–water partition coefficient (Wildman–Crippen LogP) is 2.47. The highest BCUT2D eigenvalue weighted by molar-refractivity contribution is 7.99. The number of benzene rings is 1. The second-order valence-electron chi connectivity index (χ2n) is 2.33. The molecule has 0 aliphatic carbocycles. The Hall–Kier alpha value is -0.500. The zero-order valence-electron chi connectivity index (χ0n) is 5.43. The van der Waals surface area contributed by atoms with Crippen LogP contribution in [0.15, 0.2) is 23.1 Å². The number of aryl methyl sites for hydroxylation is 1. The molecule has 2 rings (SSSR count). The summed E-state index contributed by atoms with van der Waals surface area (Å²) in [6.07, 6.45) is 1.03. The van der Waals surface area contributed by atoms with Crippen LogP contribution < -0.4 is 0 Å². The highest BCUT2D eigenvalue weighted by atomic mass is 32.2. The first-order chi connectivity index (χ1) is 4.88. The summed E-state index contributed by atoms with van der Waals surface area (Å²) in [5, 5.41) is 0. The predicted molar refractivity (Wildman–Crippen MR) is 40.8 cm³/mol. The van der Waals surface area contributed by atoms with Crippen LogP contribution in [0.25, 0.3) is 0 Å². The van der Waals surface area contributed by atoms with Crippen molar-refractivity contribution in [1.82, 2.24) is 0 Å². The lowest BCUT2D eigenvalue weighted by atomic mass is 10.2. The monoisotopic (exact) mass is 154 g/mol. The highest BCUT2D eigenvalue weighted by Crippen LogP contribution is 2.32. The van der Waals surface area contributed by atoms with Crippen molar-refractivity contribution in [3.63, 3.8) is 0 Å².